The maximum atomic E-state index is 12.1. The molecule has 8 heteroatoms. The molecule has 7 nitrogen and oxygen atoms in total. The molecule has 1 amide bonds. The van der Waals surface area contributed by atoms with Crippen molar-refractivity contribution in [3.05, 3.63) is 48.5 Å². The molecule has 0 unspecified atom stereocenters. The third-order valence-electron chi connectivity index (χ3n) is 3.63. The fourth-order valence-electron chi connectivity index (χ4n) is 2.47. The summed E-state index contributed by atoms with van der Waals surface area (Å²) in [4.78, 5) is 13.2. The number of ether oxygens (including phenoxy) is 2. The Balaban J connectivity index is 1.55. The number of nitrogens with zero attached hydrogens (tertiary/aromatic N) is 2. The molecule has 0 saturated heterocycles. The van der Waals surface area contributed by atoms with Gasteiger partial charge in [-0.15, -0.1) is 16.9 Å². The molecular formula is C21H23N3O4S. The molecule has 0 spiro atoms. The van der Waals surface area contributed by atoms with Crippen LogP contribution in [0.4, 0.5) is 6.01 Å². The van der Waals surface area contributed by atoms with Gasteiger partial charge in [0.25, 0.3) is 5.91 Å². The number of aromatic nitrogens is 2. The van der Waals surface area contributed by atoms with E-state index in [1.165, 1.54) is 0 Å². The topological polar surface area (TPSA) is 86.5 Å². The lowest BCUT2D eigenvalue weighted by molar-refractivity contribution is -0.118. The van der Waals surface area contributed by atoms with Gasteiger partial charge >= 0.3 is 6.01 Å². The van der Waals surface area contributed by atoms with Crippen LogP contribution in [-0.2, 0) is 4.79 Å². The van der Waals surface area contributed by atoms with Gasteiger partial charge in [0.15, 0.2) is 6.61 Å². The summed E-state index contributed by atoms with van der Waals surface area (Å²) >= 11 is 1.75. The first-order chi connectivity index (χ1) is 14.0. The molecular weight excluding hydrogens is 390 g/mol. The van der Waals surface area contributed by atoms with Crippen LogP contribution in [0.25, 0.3) is 11.5 Å². The van der Waals surface area contributed by atoms with Gasteiger partial charge in [0.1, 0.15) is 11.5 Å². The van der Waals surface area contributed by atoms with Crippen LogP contribution in [0.2, 0.25) is 0 Å². The average molecular weight is 413 g/mol. The summed E-state index contributed by atoms with van der Waals surface area (Å²) in [5, 5.41) is 10.9. The molecule has 0 saturated carbocycles. The molecule has 1 heterocycles. The van der Waals surface area contributed by atoms with E-state index < -0.39 is 5.91 Å². The SMILES string of the molecule is CCOc1ccc(OCC(=O)Nc2nnc(-c3cccc(SC(C)C)c3)o2)cc1. The van der Waals surface area contributed by atoms with Crippen molar-refractivity contribution in [1.29, 1.82) is 0 Å². The minimum Gasteiger partial charge on any atom is -0.494 e. The number of nitrogens with one attached hydrogen (secondary N) is 1. The molecule has 152 valence electrons. The van der Waals surface area contributed by atoms with Crippen LogP contribution in [0.3, 0.4) is 0 Å². The van der Waals surface area contributed by atoms with Crippen LogP contribution in [0.15, 0.2) is 57.8 Å². The van der Waals surface area contributed by atoms with E-state index in [1.54, 1.807) is 36.0 Å². The maximum Gasteiger partial charge on any atom is 0.322 e. The predicted molar refractivity (Wildman–Crippen MR) is 112 cm³/mol. The Labute approximate surface area is 173 Å². The second-order valence-electron chi connectivity index (χ2n) is 6.35. The minimum absolute atomic E-state index is 0.0298. The monoisotopic (exact) mass is 413 g/mol. The summed E-state index contributed by atoms with van der Waals surface area (Å²) in [5.41, 5.74) is 0.800. The van der Waals surface area contributed by atoms with E-state index in [2.05, 4.69) is 29.4 Å². The Kier molecular flexibility index (Phi) is 7.13. The Morgan fingerprint density at radius 1 is 1.10 bits per heavy atom. The molecule has 0 aliphatic carbocycles. The lowest BCUT2D eigenvalue weighted by Crippen LogP contribution is -2.20. The van der Waals surface area contributed by atoms with Gasteiger partial charge in [0, 0.05) is 15.7 Å². The number of hydrogen-bond donors (Lipinski definition) is 1. The second kappa shape index (κ2) is 9.97. The van der Waals surface area contributed by atoms with Crippen LogP contribution in [0.5, 0.6) is 11.5 Å². The zero-order chi connectivity index (χ0) is 20.6. The first kappa shape index (κ1) is 20.7. The van der Waals surface area contributed by atoms with Crippen molar-refractivity contribution in [1.82, 2.24) is 10.2 Å². The number of carbonyl (C=O) groups is 1. The van der Waals surface area contributed by atoms with E-state index in [4.69, 9.17) is 13.9 Å². The zero-order valence-corrected chi connectivity index (χ0v) is 17.4. The first-order valence-corrected chi connectivity index (χ1v) is 10.2. The molecule has 29 heavy (non-hydrogen) atoms. The smallest absolute Gasteiger partial charge is 0.322 e. The molecule has 0 aliphatic heterocycles. The van der Waals surface area contributed by atoms with Crippen molar-refractivity contribution in [2.75, 3.05) is 18.5 Å². The lowest BCUT2D eigenvalue weighted by Gasteiger charge is -2.07. The van der Waals surface area contributed by atoms with Crippen LogP contribution in [-0.4, -0.2) is 34.6 Å². The van der Waals surface area contributed by atoms with Crippen LogP contribution in [0, 0.1) is 0 Å². The highest BCUT2D eigenvalue weighted by Gasteiger charge is 2.13. The first-order valence-electron chi connectivity index (χ1n) is 9.29. The van der Waals surface area contributed by atoms with Gasteiger partial charge < -0.3 is 13.9 Å². The summed E-state index contributed by atoms with van der Waals surface area (Å²) in [6.07, 6.45) is 0. The van der Waals surface area contributed by atoms with E-state index in [1.807, 2.05) is 31.2 Å². The Morgan fingerprint density at radius 2 is 1.83 bits per heavy atom. The van der Waals surface area contributed by atoms with Gasteiger partial charge in [-0.25, -0.2) is 0 Å². The number of rotatable bonds is 9. The zero-order valence-electron chi connectivity index (χ0n) is 16.5. The third kappa shape index (κ3) is 6.25. The molecule has 0 radical (unpaired) electrons. The van der Waals surface area contributed by atoms with Gasteiger partial charge in [0.05, 0.1) is 6.61 Å². The van der Waals surface area contributed by atoms with Crippen molar-refractivity contribution in [3.63, 3.8) is 0 Å². The fourth-order valence-corrected chi connectivity index (χ4v) is 3.36. The normalized spacial score (nSPS) is 10.8. The summed E-state index contributed by atoms with van der Waals surface area (Å²) < 4.78 is 16.4. The van der Waals surface area contributed by atoms with Crippen molar-refractivity contribution in [3.8, 4) is 23.0 Å². The highest BCUT2D eigenvalue weighted by Crippen LogP contribution is 2.28. The standard InChI is InChI=1S/C21H23N3O4S/c1-4-26-16-8-10-17(11-9-16)27-13-19(25)22-21-24-23-20(28-21)15-6-5-7-18(12-15)29-14(2)3/h5-12,14H,4,13H2,1-3H3,(H,22,24,25). The molecule has 1 N–H and O–H groups in total. The third-order valence-corrected chi connectivity index (χ3v) is 4.63. The number of carbonyl (C=O) groups excluding carboxylic acids is 1. The molecule has 3 rings (SSSR count). The Morgan fingerprint density at radius 3 is 2.52 bits per heavy atom. The molecule has 2 aromatic carbocycles. The summed E-state index contributed by atoms with van der Waals surface area (Å²) in [7, 11) is 0. The number of anilines is 1. The molecule has 0 atom stereocenters. The van der Waals surface area contributed by atoms with Crippen LogP contribution >= 0.6 is 11.8 Å². The highest BCUT2D eigenvalue weighted by atomic mass is 32.2. The van der Waals surface area contributed by atoms with E-state index in [0.717, 1.165) is 16.2 Å². The number of benzene rings is 2. The molecule has 0 aliphatic rings. The number of amides is 1. The molecule has 1 aromatic heterocycles. The van der Waals surface area contributed by atoms with E-state index in [9.17, 15) is 4.79 Å². The Bertz CT molecular complexity index is 941. The van der Waals surface area contributed by atoms with Crippen molar-refractivity contribution in [2.24, 2.45) is 0 Å². The van der Waals surface area contributed by atoms with Gasteiger partial charge in [-0.1, -0.05) is 25.0 Å². The largest absolute Gasteiger partial charge is 0.494 e. The van der Waals surface area contributed by atoms with Gasteiger partial charge in [-0.3, -0.25) is 10.1 Å². The second-order valence-corrected chi connectivity index (χ2v) is 8.00. The fraction of sp³-hybridized carbons (Fsp3) is 0.286. The van der Waals surface area contributed by atoms with Crippen molar-refractivity contribution >= 4 is 23.7 Å². The van der Waals surface area contributed by atoms with Crippen LogP contribution < -0.4 is 14.8 Å². The van der Waals surface area contributed by atoms with E-state index in [0.29, 0.717) is 23.5 Å². The quantitative estimate of drug-likeness (QED) is 0.511. The van der Waals surface area contributed by atoms with Crippen LogP contribution in [0.1, 0.15) is 20.8 Å². The average Bonchev–Trinajstić information content (AvgIpc) is 3.16. The minimum atomic E-state index is -0.391. The molecule has 3 aromatic rings. The van der Waals surface area contributed by atoms with E-state index >= 15 is 0 Å². The lowest BCUT2D eigenvalue weighted by atomic mass is 10.2. The predicted octanol–water partition coefficient (Wildman–Crippen LogP) is 4.65. The van der Waals surface area contributed by atoms with Gasteiger partial charge in [-0.05, 0) is 49.4 Å². The Hall–Kier alpha value is -3.00. The summed E-state index contributed by atoms with van der Waals surface area (Å²) in [6, 6.07) is 14.9. The summed E-state index contributed by atoms with van der Waals surface area (Å²) in [6.45, 7) is 6.60. The van der Waals surface area contributed by atoms with Crippen molar-refractivity contribution in [2.45, 2.75) is 30.9 Å². The molecule has 0 bridgehead atoms. The van der Waals surface area contributed by atoms with Crippen molar-refractivity contribution < 1.29 is 18.7 Å². The molecule has 0 fully saturated rings. The highest BCUT2D eigenvalue weighted by molar-refractivity contribution is 7.99. The van der Waals surface area contributed by atoms with Gasteiger partial charge in [0.2, 0.25) is 5.89 Å². The number of thioether (sulfide) groups is 1. The summed E-state index contributed by atoms with van der Waals surface area (Å²) in [5.74, 6) is 1.27. The van der Waals surface area contributed by atoms with E-state index in [-0.39, 0.29) is 12.6 Å². The van der Waals surface area contributed by atoms with Gasteiger partial charge in [-0.2, -0.15) is 0 Å². The number of hydrogen-bond acceptors (Lipinski definition) is 7. The maximum absolute atomic E-state index is 12.1.